The fourth-order valence-corrected chi connectivity index (χ4v) is 2.39. The zero-order valence-corrected chi connectivity index (χ0v) is 7.46. The number of hydrogen-bond acceptors (Lipinski definition) is 2. The highest BCUT2D eigenvalue weighted by Gasteiger charge is 2.28. The van der Waals surface area contributed by atoms with Crippen molar-refractivity contribution in [3.63, 3.8) is 0 Å². The second kappa shape index (κ2) is 2.70. The summed E-state index contributed by atoms with van der Waals surface area (Å²) in [6, 6.07) is 0.614. The van der Waals surface area contributed by atoms with Crippen molar-refractivity contribution < 1.29 is 0 Å². The van der Waals surface area contributed by atoms with E-state index in [2.05, 4.69) is 21.6 Å². The molecule has 2 bridgehead atoms. The van der Waals surface area contributed by atoms with Gasteiger partial charge in [-0.2, -0.15) is 5.10 Å². The van der Waals surface area contributed by atoms with Gasteiger partial charge in [-0.25, -0.2) is 0 Å². The monoisotopic (exact) mass is 175 g/mol. The van der Waals surface area contributed by atoms with Gasteiger partial charge in [0, 0.05) is 17.8 Å². The lowest BCUT2D eigenvalue weighted by molar-refractivity contribution is 0.579. The summed E-state index contributed by atoms with van der Waals surface area (Å²) in [5.74, 6) is 0.847. The third-order valence-electron chi connectivity index (χ3n) is 3.04. The van der Waals surface area contributed by atoms with Crippen molar-refractivity contribution in [1.29, 1.82) is 0 Å². The van der Waals surface area contributed by atoms with Crippen LogP contribution in [0.25, 0.3) is 5.57 Å². The molecule has 2 atom stereocenters. The van der Waals surface area contributed by atoms with Gasteiger partial charge in [-0.1, -0.05) is 6.08 Å². The Kier molecular flexibility index (Phi) is 1.52. The first-order chi connectivity index (χ1) is 6.42. The van der Waals surface area contributed by atoms with E-state index in [0.717, 1.165) is 5.92 Å². The van der Waals surface area contributed by atoms with Crippen molar-refractivity contribution >= 4 is 5.57 Å². The average molecular weight is 175 g/mol. The molecule has 3 nitrogen and oxygen atoms in total. The molecule has 1 saturated heterocycles. The van der Waals surface area contributed by atoms with Crippen molar-refractivity contribution in [2.75, 3.05) is 6.54 Å². The van der Waals surface area contributed by atoms with Crippen molar-refractivity contribution in [2.24, 2.45) is 5.92 Å². The number of rotatable bonds is 1. The van der Waals surface area contributed by atoms with Gasteiger partial charge in [0.05, 0.1) is 6.20 Å². The average Bonchev–Trinajstić information content (AvgIpc) is 2.75. The number of nitrogens with one attached hydrogen (secondary N) is 2. The molecule has 3 rings (SSSR count). The Labute approximate surface area is 77.2 Å². The van der Waals surface area contributed by atoms with E-state index in [1.165, 1.54) is 30.5 Å². The van der Waals surface area contributed by atoms with Crippen molar-refractivity contribution in [3.05, 3.63) is 24.0 Å². The first kappa shape index (κ1) is 7.33. The molecule has 3 heteroatoms. The second-order valence-electron chi connectivity index (χ2n) is 4.00. The fourth-order valence-electron chi connectivity index (χ4n) is 2.39. The molecule has 0 radical (unpaired) electrons. The van der Waals surface area contributed by atoms with Gasteiger partial charge < -0.3 is 5.32 Å². The fraction of sp³-hybridized carbons (Fsp3) is 0.500. The number of hydrogen-bond donors (Lipinski definition) is 2. The van der Waals surface area contributed by atoms with Gasteiger partial charge >= 0.3 is 0 Å². The van der Waals surface area contributed by atoms with E-state index in [0.29, 0.717) is 6.04 Å². The largest absolute Gasteiger partial charge is 0.310 e. The van der Waals surface area contributed by atoms with Crippen LogP contribution < -0.4 is 5.32 Å². The third-order valence-corrected chi connectivity index (χ3v) is 3.04. The van der Waals surface area contributed by atoms with Crippen LogP contribution in [0.5, 0.6) is 0 Å². The van der Waals surface area contributed by atoms with Crippen LogP contribution in [0.2, 0.25) is 0 Å². The Morgan fingerprint density at radius 3 is 3.23 bits per heavy atom. The molecule has 1 aromatic rings. The molecule has 1 aromatic heterocycles. The molecule has 1 aliphatic carbocycles. The van der Waals surface area contributed by atoms with Crippen LogP contribution in [0, 0.1) is 5.92 Å². The maximum Gasteiger partial charge on any atom is 0.0562 e. The topological polar surface area (TPSA) is 40.7 Å². The Morgan fingerprint density at radius 1 is 1.46 bits per heavy atom. The summed E-state index contributed by atoms with van der Waals surface area (Å²) in [6.07, 6.45) is 8.78. The van der Waals surface area contributed by atoms with Crippen LogP contribution in [0.4, 0.5) is 0 Å². The Bertz CT molecular complexity index is 326. The van der Waals surface area contributed by atoms with Crippen LogP contribution in [-0.4, -0.2) is 22.8 Å². The highest BCUT2D eigenvalue weighted by molar-refractivity contribution is 5.66. The third kappa shape index (κ3) is 1.20. The molecule has 0 amide bonds. The minimum atomic E-state index is 0.614. The van der Waals surface area contributed by atoms with Crippen LogP contribution in [0.15, 0.2) is 18.5 Å². The first-order valence-corrected chi connectivity index (χ1v) is 4.85. The Balaban J connectivity index is 1.93. The van der Waals surface area contributed by atoms with Gasteiger partial charge in [0.15, 0.2) is 0 Å². The number of nitrogens with zero attached hydrogens (tertiary/aromatic N) is 1. The molecule has 13 heavy (non-hydrogen) atoms. The molecular formula is C10H13N3. The SMILES string of the molecule is C1=C(c2cn[nH]c2)CC2CNC1C2. The molecule has 68 valence electrons. The van der Waals surface area contributed by atoms with Gasteiger partial charge in [0.2, 0.25) is 0 Å². The van der Waals surface area contributed by atoms with E-state index >= 15 is 0 Å². The Hall–Kier alpha value is -1.09. The summed E-state index contributed by atoms with van der Waals surface area (Å²) in [4.78, 5) is 0. The normalized spacial score (nSPS) is 31.8. The van der Waals surface area contributed by atoms with E-state index in [9.17, 15) is 0 Å². The molecule has 1 fully saturated rings. The van der Waals surface area contributed by atoms with E-state index in [-0.39, 0.29) is 0 Å². The highest BCUT2D eigenvalue weighted by Crippen LogP contribution is 2.33. The molecule has 0 spiro atoms. The molecule has 2 N–H and O–H groups in total. The molecule has 2 heterocycles. The summed E-state index contributed by atoms with van der Waals surface area (Å²) < 4.78 is 0. The quantitative estimate of drug-likeness (QED) is 0.672. The predicted molar refractivity (Wildman–Crippen MR) is 51.1 cm³/mol. The number of aromatic nitrogens is 2. The van der Waals surface area contributed by atoms with Crippen molar-refractivity contribution in [2.45, 2.75) is 18.9 Å². The summed E-state index contributed by atoms with van der Waals surface area (Å²) in [7, 11) is 0. The van der Waals surface area contributed by atoms with Crippen molar-refractivity contribution in [1.82, 2.24) is 15.5 Å². The lowest BCUT2D eigenvalue weighted by Crippen LogP contribution is -2.18. The number of fused-ring (bicyclic) bond motifs is 2. The zero-order valence-electron chi connectivity index (χ0n) is 7.46. The summed E-state index contributed by atoms with van der Waals surface area (Å²) >= 11 is 0. The molecule has 1 aliphatic heterocycles. The molecule has 0 saturated carbocycles. The highest BCUT2D eigenvalue weighted by atomic mass is 15.1. The second-order valence-corrected chi connectivity index (χ2v) is 4.00. The van der Waals surface area contributed by atoms with E-state index < -0.39 is 0 Å². The number of H-pyrrole nitrogens is 1. The molecule has 2 unspecified atom stereocenters. The van der Waals surface area contributed by atoms with Gasteiger partial charge in [-0.05, 0) is 30.9 Å². The summed E-state index contributed by atoms with van der Waals surface area (Å²) in [5.41, 5.74) is 2.72. The summed E-state index contributed by atoms with van der Waals surface area (Å²) in [6.45, 7) is 1.18. The smallest absolute Gasteiger partial charge is 0.0562 e. The number of aromatic amines is 1. The van der Waals surface area contributed by atoms with E-state index in [1.807, 2.05) is 12.4 Å². The van der Waals surface area contributed by atoms with Crippen LogP contribution in [0.3, 0.4) is 0 Å². The molecule has 0 aromatic carbocycles. The lowest BCUT2D eigenvalue weighted by Gasteiger charge is -2.17. The molecule has 2 aliphatic rings. The maximum atomic E-state index is 3.98. The minimum absolute atomic E-state index is 0.614. The number of allylic oxidation sites excluding steroid dienone is 1. The van der Waals surface area contributed by atoms with Crippen LogP contribution in [-0.2, 0) is 0 Å². The van der Waals surface area contributed by atoms with Crippen molar-refractivity contribution in [3.8, 4) is 0 Å². The lowest BCUT2D eigenvalue weighted by atomic mass is 9.88. The van der Waals surface area contributed by atoms with Gasteiger partial charge in [-0.15, -0.1) is 0 Å². The van der Waals surface area contributed by atoms with Crippen LogP contribution in [0.1, 0.15) is 18.4 Å². The minimum Gasteiger partial charge on any atom is -0.310 e. The standard InChI is InChI=1S/C10H13N3/c1-7-2-10(11-4-7)3-8(1)9-5-12-13-6-9/h3,5-7,10-11H,1-2,4H2,(H,12,13). The van der Waals surface area contributed by atoms with Gasteiger partial charge in [0.1, 0.15) is 0 Å². The predicted octanol–water partition coefficient (Wildman–Crippen LogP) is 1.17. The maximum absolute atomic E-state index is 3.98. The first-order valence-electron chi connectivity index (χ1n) is 4.85. The summed E-state index contributed by atoms with van der Waals surface area (Å²) in [5, 5.41) is 10.4. The van der Waals surface area contributed by atoms with Gasteiger partial charge in [-0.3, -0.25) is 5.10 Å². The van der Waals surface area contributed by atoms with E-state index in [1.54, 1.807) is 0 Å². The van der Waals surface area contributed by atoms with Crippen LogP contribution >= 0.6 is 0 Å². The molecular weight excluding hydrogens is 162 g/mol. The Morgan fingerprint density at radius 2 is 2.46 bits per heavy atom. The van der Waals surface area contributed by atoms with Gasteiger partial charge in [0.25, 0.3) is 0 Å². The van der Waals surface area contributed by atoms with E-state index in [4.69, 9.17) is 0 Å². The zero-order chi connectivity index (χ0) is 8.67.